The molecule has 6 nitrogen and oxygen atoms in total. The molecular formula is C28H44N2O4. The minimum absolute atomic E-state index is 0.0416. The Bertz CT molecular complexity index is 774. The van der Waals surface area contributed by atoms with Gasteiger partial charge in [0, 0.05) is 19.0 Å². The normalized spacial score (nSPS) is 11.0. The molecule has 0 heterocycles. The molecular weight excluding hydrogens is 428 g/mol. The number of carbonyl (C=O) groups is 3. The van der Waals surface area contributed by atoms with Crippen LogP contribution in [0.15, 0.2) is 30.4 Å². The molecule has 0 saturated heterocycles. The van der Waals surface area contributed by atoms with E-state index in [4.69, 9.17) is 0 Å². The number of amides is 2. The number of benzene rings is 1. The molecule has 0 spiro atoms. The Morgan fingerprint density at radius 1 is 0.824 bits per heavy atom. The van der Waals surface area contributed by atoms with Gasteiger partial charge in [0.05, 0.1) is 11.3 Å². The number of hydrogen-bond donors (Lipinski definition) is 3. The minimum Gasteiger partial charge on any atom is -0.478 e. The molecule has 0 aliphatic rings. The lowest BCUT2D eigenvalue weighted by molar-refractivity contribution is -0.114. The molecule has 0 fully saturated rings. The lowest BCUT2D eigenvalue weighted by Crippen LogP contribution is -2.25. The smallest absolute Gasteiger partial charge is 0.337 e. The fourth-order valence-electron chi connectivity index (χ4n) is 3.84. The number of unbranched alkanes of at least 4 members (excludes halogenated alkanes) is 12. The summed E-state index contributed by atoms with van der Waals surface area (Å²) in [6.07, 6.45) is 22.1. The average Bonchev–Trinajstić information content (AvgIpc) is 2.80. The van der Waals surface area contributed by atoms with Crippen molar-refractivity contribution in [3.05, 3.63) is 41.5 Å². The number of carboxylic acid groups (broad SMARTS) is 1. The molecule has 3 N–H and O–H groups in total. The van der Waals surface area contributed by atoms with E-state index in [2.05, 4.69) is 29.7 Å². The van der Waals surface area contributed by atoms with Gasteiger partial charge in [-0.3, -0.25) is 9.59 Å². The van der Waals surface area contributed by atoms with Crippen LogP contribution in [0, 0.1) is 0 Å². The largest absolute Gasteiger partial charge is 0.478 e. The minimum atomic E-state index is -1.15. The number of aromatic carboxylic acids is 1. The summed E-state index contributed by atoms with van der Waals surface area (Å²) < 4.78 is 0. The highest BCUT2D eigenvalue weighted by molar-refractivity contribution is 6.03. The summed E-state index contributed by atoms with van der Waals surface area (Å²) in [4.78, 5) is 34.9. The Kier molecular flexibility index (Phi) is 16.2. The van der Waals surface area contributed by atoms with Gasteiger partial charge in [0.2, 0.25) is 5.91 Å². The van der Waals surface area contributed by atoms with E-state index >= 15 is 0 Å². The Balaban J connectivity index is 2.09. The van der Waals surface area contributed by atoms with Crippen LogP contribution in [0.2, 0.25) is 0 Å². The van der Waals surface area contributed by atoms with Gasteiger partial charge in [-0.25, -0.2) is 4.79 Å². The molecule has 34 heavy (non-hydrogen) atoms. The van der Waals surface area contributed by atoms with Gasteiger partial charge < -0.3 is 15.7 Å². The summed E-state index contributed by atoms with van der Waals surface area (Å²) in [5.74, 6) is -1.81. The molecule has 0 saturated carbocycles. The third kappa shape index (κ3) is 13.8. The Hall–Kier alpha value is -2.63. The van der Waals surface area contributed by atoms with E-state index in [1.807, 2.05) is 0 Å². The molecule has 1 rings (SSSR count). The van der Waals surface area contributed by atoms with E-state index in [-0.39, 0.29) is 23.1 Å². The molecule has 1 aromatic carbocycles. The van der Waals surface area contributed by atoms with Crippen molar-refractivity contribution in [1.29, 1.82) is 0 Å². The molecule has 0 aromatic heterocycles. The highest BCUT2D eigenvalue weighted by Crippen LogP contribution is 2.18. The van der Waals surface area contributed by atoms with Gasteiger partial charge >= 0.3 is 5.97 Å². The van der Waals surface area contributed by atoms with Crippen molar-refractivity contribution in [2.24, 2.45) is 0 Å². The number of rotatable bonds is 19. The van der Waals surface area contributed by atoms with Gasteiger partial charge in [-0.2, -0.15) is 0 Å². The molecule has 6 heteroatoms. The van der Waals surface area contributed by atoms with E-state index in [0.29, 0.717) is 12.1 Å². The number of allylic oxidation sites excluding steroid dienone is 2. The molecule has 0 aliphatic heterocycles. The molecule has 1 aromatic rings. The van der Waals surface area contributed by atoms with Crippen molar-refractivity contribution in [1.82, 2.24) is 5.32 Å². The third-order valence-electron chi connectivity index (χ3n) is 5.80. The van der Waals surface area contributed by atoms with Crippen LogP contribution in [0.4, 0.5) is 5.69 Å². The first-order chi connectivity index (χ1) is 16.5. The second-order valence-corrected chi connectivity index (χ2v) is 8.94. The van der Waals surface area contributed by atoms with E-state index in [1.54, 1.807) is 0 Å². The van der Waals surface area contributed by atoms with E-state index in [1.165, 1.54) is 95.8 Å². The summed E-state index contributed by atoms with van der Waals surface area (Å²) in [5, 5.41) is 14.6. The van der Waals surface area contributed by atoms with Gasteiger partial charge in [-0.15, -0.1) is 0 Å². The molecule has 190 valence electrons. The summed E-state index contributed by atoms with van der Waals surface area (Å²) in [6, 6.07) is 4.21. The van der Waals surface area contributed by atoms with Gasteiger partial charge in [-0.05, 0) is 50.3 Å². The first kappa shape index (κ1) is 29.4. The Morgan fingerprint density at radius 3 is 1.94 bits per heavy atom. The Labute approximate surface area is 205 Å². The molecule has 0 bridgehead atoms. The molecule has 0 unspecified atom stereocenters. The van der Waals surface area contributed by atoms with Crippen molar-refractivity contribution in [3.63, 3.8) is 0 Å². The van der Waals surface area contributed by atoms with Crippen LogP contribution in [0.5, 0.6) is 0 Å². The van der Waals surface area contributed by atoms with E-state index in [9.17, 15) is 19.5 Å². The standard InChI is InChI=1S/C28H44N2O4/c1-3-4-5-6-7-8-9-10-11-12-13-14-15-16-17-18-21-29-27(32)24-19-20-25(28(33)34)26(22-24)30-23(2)31/h10-11,19-20,22H,3-9,12-18,21H2,1-2H3,(H,29,32)(H,30,31)(H,33,34)/b11-10-. The summed E-state index contributed by atoms with van der Waals surface area (Å²) in [5.41, 5.74) is 0.420. The highest BCUT2D eigenvalue weighted by atomic mass is 16.4. The summed E-state index contributed by atoms with van der Waals surface area (Å²) >= 11 is 0. The average molecular weight is 473 g/mol. The fraction of sp³-hybridized carbons (Fsp3) is 0.607. The first-order valence-electron chi connectivity index (χ1n) is 13.0. The van der Waals surface area contributed by atoms with Crippen LogP contribution >= 0.6 is 0 Å². The first-order valence-corrected chi connectivity index (χ1v) is 13.0. The van der Waals surface area contributed by atoms with E-state index in [0.717, 1.165) is 19.3 Å². The highest BCUT2D eigenvalue weighted by Gasteiger charge is 2.14. The van der Waals surface area contributed by atoms with Gasteiger partial charge in [0.15, 0.2) is 0 Å². The molecule has 0 radical (unpaired) electrons. The summed E-state index contributed by atoms with van der Waals surface area (Å²) in [6.45, 7) is 4.13. The van der Waals surface area contributed by atoms with Gasteiger partial charge in [-0.1, -0.05) is 76.9 Å². The molecule has 0 aliphatic carbocycles. The number of carbonyl (C=O) groups excluding carboxylic acids is 2. The van der Waals surface area contributed by atoms with Crippen molar-refractivity contribution >= 4 is 23.5 Å². The third-order valence-corrected chi connectivity index (χ3v) is 5.80. The maximum atomic E-state index is 12.3. The lowest BCUT2D eigenvalue weighted by atomic mass is 10.1. The topological polar surface area (TPSA) is 95.5 Å². The summed E-state index contributed by atoms with van der Waals surface area (Å²) in [7, 11) is 0. The van der Waals surface area contributed by atoms with Crippen LogP contribution in [0.25, 0.3) is 0 Å². The zero-order valence-electron chi connectivity index (χ0n) is 21.2. The number of hydrogen-bond acceptors (Lipinski definition) is 3. The van der Waals surface area contributed by atoms with Crippen LogP contribution in [0.1, 0.15) is 124 Å². The Morgan fingerprint density at radius 2 is 1.38 bits per heavy atom. The SMILES string of the molecule is CCCCCCCC/C=C\CCCCCCCCNC(=O)c1ccc(C(=O)O)c(NC(C)=O)c1. The van der Waals surface area contributed by atoms with Crippen LogP contribution in [-0.4, -0.2) is 29.4 Å². The second-order valence-electron chi connectivity index (χ2n) is 8.94. The van der Waals surface area contributed by atoms with Crippen LogP contribution < -0.4 is 10.6 Å². The quantitative estimate of drug-likeness (QED) is 0.148. The zero-order valence-corrected chi connectivity index (χ0v) is 21.2. The lowest BCUT2D eigenvalue weighted by Gasteiger charge is -2.10. The van der Waals surface area contributed by atoms with E-state index < -0.39 is 5.97 Å². The van der Waals surface area contributed by atoms with Gasteiger partial charge in [0.1, 0.15) is 0 Å². The van der Waals surface area contributed by atoms with Crippen molar-refractivity contribution in [3.8, 4) is 0 Å². The number of anilines is 1. The molecule has 2 amide bonds. The zero-order chi connectivity index (χ0) is 25.0. The second kappa shape index (κ2) is 18.8. The van der Waals surface area contributed by atoms with Crippen LogP contribution in [-0.2, 0) is 4.79 Å². The van der Waals surface area contributed by atoms with Crippen molar-refractivity contribution in [2.45, 2.75) is 104 Å². The number of carboxylic acids is 1. The predicted octanol–water partition coefficient (Wildman–Crippen LogP) is 7.11. The van der Waals surface area contributed by atoms with Crippen molar-refractivity contribution in [2.75, 3.05) is 11.9 Å². The van der Waals surface area contributed by atoms with Gasteiger partial charge in [0.25, 0.3) is 5.91 Å². The molecule has 0 atom stereocenters. The maximum absolute atomic E-state index is 12.3. The maximum Gasteiger partial charge on any atom is 0.337 e. The monoisotopic (exact) mass is 472 g/mol. The van der Waals surface area contributed by atoms with Crippen LogP contribution in [0.3, 0.4) is 0 Å². The predicted molar refractivity (Wildman–Crippen MR) is 139 cm³/mol. The fourth-order valence-corrected chi connectivity index (χ4v) is 3.84. The number of nitrogens with one attached hydrogen (secondary N) is 2. The van der Waals surface area contributed by atoms with Crippen molar-refractivity contribution < 1.29 is 19.5 Å².